The van der Waals surface area contributed by atoms with Crippen LogP contribution in [-0.2, 0) is 0 Å². The van der Waals surface area contributed by atoms with Crippen LogP contribution in [0.2, 0.25) is 0 Å². The van der Waals surface area contributed by atoms with Crippen LogP contribution in [0.5, 0.6) is 0 Å². The Morgan fingerprint density at radius 3 is 2.44 bits per heavy atom. The summed E-state index contributed by atoms with van der Waals surface area (Å²) in [6.45, 7) is 0.658. The van der Waals surface area contributed by atoms with E-state index in [1.54, 1.807) is 11.9 Å². The fourth-order valence-electron chi connectivity index (χ4n) is 2.37. The van der Waals surface area contributed by atoms with Crippen molar-refractivity contribution in [2.45, 2.75) is 24.8 Å². The highest BCUT2D eigenvalue weighted by Crippen LogP contribution is 2.36. The molecule has 1 aromatic heterocycles. The quantitative estimate of drug-likeness (QED) is 0.825. The van der Waals surface area contributed by atoms with Gasteiger partial charge in [-0.3, -0.25) is 4.79 Å². The van der Waals surface area contributed by atoms with E-state index in [2.05, 4.69) is 19.8 Å². The maximum Gasteiger partial charge on any atom is 0.279 e. The number of hydrogen-bond acceptors (Lipinski definition) is 6. The van der Waals surface area contributed by atoms with Gasteiger partial charge in [0.15, 0.2) is 0 Å². The molecule has 0 saturated heterocycles. The van der Waals surface area contributed by atoms with Gasteiger partial charge < -0.3 is 15.5 Å². The summed E-state index contributed by atoms with van der Waals surface area (Å²) in [5, 5.41) is 6.96. The minimum atomic E-state index is -0.248. The molecule has 1 aromatic rings. The third-order valence-electron chi connectivity index (χ3n) is 3.83. The molecular formula is C11H19N5O2. The molecule has 18 heavy (non-hydrogen) atoms. The summed E-state index contributed by atoms with van der Waals surface area (Å²) >= 11 is 0. The van der Waals surface area contributed by atoms with Crippen molar-refractivity contribution in [3.8, 4) is 0 Å². The van der Waals surface area contributed by atoms with Crippen LogP contribution in [0.3, 0.4) is 0 Å². The van der Waals surface area contributed by atoms with Gasteiger partial charge in [0.25, 0.3) is 5.91 Å². The predicted octanol–water partition coefficient (Wildman–Crippen LogP) is 0.208. The molecule has 7 nitrogen and oxygen atoms in total. The van der Waals surface area contributed by atoms with Gasteiger partial charge in [0.1, 0.15) is 0 Å². The molecule has 0 spiro atoms. The predicted molar refractivity (Wildman–Crippen MR) is 65.9 cm³/mol. The first-order valence-electron chi connectivity index (χ1n) is 5.97. The topological polar surface area (TPSA) is 88.5 Å². The molecular weight excluding hydrogens is 234 g/mol. The van der Waals surface area contributed by atoms with Crippen molar-refractivity contribution in [2.24, 2.45) is 0 Å². The highest BCUT2D eigenvalue weighted by atomic mass is 16.6. The molecule has 0 radical (unpaired) electrons. The molecule has 2 rings (SSSR count). The molecule has 1 heterocycles. The van der Waals surface area contributed by atoms with Crippen molar-refractivity contribution in [3.63, 3.8) is 0 Å². The number of carbonyl (C=O) groups is 1. The molecule has 0 aliphatic heterocycles. The van der Waals surface area contributed by atoms with Gasteiger partial charge in [-0.25, -0.2) is 4.63 Å². The molecule has 1 saturated carbocycles. The number of likely N-dealkylation sites (N-methyl/N-ethyl adjacent to an activating group) is 2. The fraction of sp³-hybridized carbons (Fsp3) is 0.727. The van der Waals surface area contributed by atoms with Crippen LogP contribution in [0.25, 0.3) is 0 Å². The smallest absolute Gasteiger partial charge is 0.279 e. The Balaban J connectivity index is 2.06. The number of anilines is 1. The summed E-state index contributed by atoms with van der Waals surface area (Å²) in [5.74, 6) is -0.207. The van der Waals surface area contributed by atoms with Crippen molar-refractivity contribution in [1.29, 1.82) is 0 Å². The fourth-order valence-corrected chi connectivity index (χ4v) is 2.37. The lowest BCUT2D eigenvalue weighted by Gasteiger charge is -2.49. The van der Waals surface area contributed by atoms with Gasteiger partial charge in [0, 0.05) is 19.1 Å². The Labute approximate surface area is 106 Å². The average molecular weight is 253 g/mol. The molecule has 0 bridgehead atoms. The van der Waals surface area contributed by atoms with E-state index in [0.29, 0.717) is 6.54 Å². The lowest BCUT2D eigenvalue weighted by Crippen LogP contribution is -2.57. The largest absolute Gasteiger partial charge is 0.379 e. The Morgan fingerprint density at radius 1 is 1.39 bits per heavy atom. The lowest BCUT2D eigenvalue weighted by molar-refractivity contribution is 0.0248. The van der Waals surface area contributed by atoms with Gasteiger partial charge in [0.2, 0.25) is 11.5 Å². The van der Waals surface area contributed by atoms with Crippen LogP contribution in [0.15, 0.2) is 4.63 Å². The Morgan fingerprint density at radius 2 is 2.06 bits per heavy atom. The van der Waals surface area contributed by atoms with E-state index < -0.39 is 0 Å². The second-order valence-corrected chi connectivity index (χ2v) is 5.13. The minimum Gasteiger partial charge on any atom is -0.379 e. The number of amides is 1. The van der Waals surface area contributed by atoms with Gasteiger partial charge in [-0.05, 0) is 43.7 Å². The molecule has 0 aromatic carbocycles. The number of hydrogen-bond donors (Lipinski definition) is 1. The number of nitrogens with zero attached hydrogens (tertiary/aromatic N) is 4. The van der Waals surface area contributed by atoms with Crippen molar-refractivity contribution in [3.05, 3.63) is 5.69 Å². The highest BCUT2D eigenvalue weighted by molar-refractivity contribution is 5.95. The molecule has 1 fully saturated rings. The van der Waals surface area contributed by atoms with E-state index in [0.717, 1.165) is 12.8 Å². The van der Waals surface area contributed by atoms with Crippen molar-refractivity contribution >= 4 is 11.7 Å². The molecule has 0 atom stereocenters. The molecule has 7 heteroatoms. The van der Waals surface area contributed by atoms with E-state index >= 15 is 0 Å². The summed E-state index contributed by atoms with van der Waals surface area (Å²) in [6.07, 6.45) is 3.40. The van der Waals surface area contributed by atoms with Crippen LogP contribution in [0.1, 0.15) is 29.8 Å². The normalized spacial score (nSPS) is 17.6. The van der Waals surface area contributed by atoms with Gasteiger partial charge in [-0.1, -0.05) is 0 Å². The van der Waals surface area contributed by atoms with Crippen LogP contribution >= 0.6 is 0 Å². The zero-order valence-electron chi connectivity index (χ0n) is 11.0. The third kappa shape index (κ3) is 2.05. The second kappa shape index (κ2) is 4.56. The number of nitrogen functional groups attached to an aromatic ring is 1. The first-order valence-corrected chi connectivity index (χ1v) is 5.97. The Kier molecular flexibility index (Phi) is 3.25. The Bertz CT molecular complexity index is 438. The van der Waals surface area contributed by atoms with Crippen LogP contribution < -0.4 is 5.73 Å². The van der Waals surface area contributed by atoms with Crippen molar-refractivity contribution in [1.82, 2.24) is 20.1 Å². The minimum absolute atomic E-state index is 0.0411. The first kappa shape index (κ1) is 12.8. The molecule has 1 aliphatic rings. The van der Waals surface area contributed by atoms with Gasteiger partial charge in [-0.2, -0.15) is 0 Å². The summed E-state index contributed by atoms with van der Waals surface area (Å²) in [4.78, 5) is 16.0. The second-order valence-electron chi connectivity index (χ2n) is 5.13. The summed E-state index contributed by atoms with van der Waals surface area (Å²) in [6, 6.07) is 0. The molecule has 1 aliphatic carbocycles. The first-order chi connectivity index (χ1) is 8.46. The van der Waals surface area contributed by atoms with Crippen molar-refractivity contribution < 1.29 is 9.42 Å². The maximum atomic E-state index is 12.1. The lowest BCUT2D eigenvalue weighted by atomic mass is 9.75. The highest BCUT2D eigenvalue weighted by Gasteiger charge is 2.41. The zero-order valence-corrected chi connectivity index (χ0v) is 11.0. The molecule has 1 amide bonds. The SMILES string of the molecule is CN(CC1(N(C)C)CCC1)C(=O)c1nonc1N. The van der Waals surface area contributed by atoms with E-state index in [1.807, 2.05) is 14.1 Å². The number of carbonyl (C=O) groups excluding carboxylic acids is 1. The van der Waals surface area contributed by atoms with E-state index in [1.165, 1.54) is 6.42 Å². The Hall–Kier alpha value is -1.63. The van der Waals surface area contributed by atoms with Gasteiger partial charge in [-0.15, -0.1) is 0 Å². The number of nitrogens with two attached hydrogens (primary N) is 1. The van der Waals surface area contributed by atoms with Crippen LogP contribution in [0, 0.1) is 0 Å². The third-order valence-corrected chi connectivity index (χ3v) is 3.83. The summed E-state index contributed by atoms with van der Waals surface area (Å²) < 4.78 is 4.45. The van der Waals surface area contributed by atoms with Crippen LogP contribution in [-0.4, -0.2) is 59.2 Å². The maximum absolute atomic E-state index is 12.1. The van der Waals surface area contributed by atoms with E-state index in [-0.39, 0.29) is 23.0 Å². The standard InChI is InChI=1S/C11H19N5O2/c1-15(2)11(5-4-6-11)7-16(3)10(17)8-9(12)14-18-13-8/h4-7H2,1-3H3,(H2,12,14). The van der Waals surface area contributed by atoms with E-state index in [9.17, 15) is 4.79 Å². The monoisotopic (exact) mass is 253 g/mol. The molecule has 100 valence electrons. The van der Waals surface area contributed by atoms with Crippen molar-refractivity contribution in [2.75, 3.05) is 33.4 Å². The zero-order chi connectivity index (χ0) is 13.3. The van der Waals surface area contributed by atoms with Crippen LogP contribution in [0.4, 0.5) is 5.82 Å². The average Bonchev–Trinajstić information content (AvgIpc) is 2.67. The molecule has 2 N–H and O–H groups in total. The molecule has 0 unspecified atom stereocenters. The van der Waals surface area contributed by atoms with E-state index in [4.69, 9.17) is 5.73 Å². The van der Waals surface area contributed by atoms with Gasteiger partial charge >= 0.3 is 0 Å². The number of rotatable bonds is 4. The summed E-state index contributed by atoms with van der Waals surface area (Å²) in [5.41, 5.74) is 5.69. The summed E-state index contributed by atoms with van der Waals surface area (Å²) in [7, 11) is 5.84. The number of aromatic nitrogens is 2. The van der Waals surface area contributed by atoms with Gasteiger partial charge in [0.05, 0.1) is 0 Å².